The zero-order valence-electron chi connectivity index (χ0n) is 16.2. The Morgan fingerprint density at radius 1 is 0.889 bits per heavy atom. The largest absolute Gasteiger partial charge is 0.472 e. The number of phosphoric acid groups is 1. The number of carbonyl (C=O) groups excluding carboxylic acids is 1. The van der Waals surface area contributed by atoms with Crippen LogP contribution < -0.4 is 0 Å². The Bertz CT molecular complexity index is 474. The molecule has 0 heterocycles. The highest BCUT2D eigenvalue weighted by atomic mass is 31.2. The fraction of sp³-hybridized carbons (Fsp3) is 0.938. The second-order valence-corrected chi connectivity index (χ2v) is 8.16. The molecule has 0 saturated heterocycles. The lowest BCUT2D eigenvalue weighted by molar-refractivity contribution is -0.171. The number of aliphatic hydroxyl groups is 4. The first-order valence-electron chi connectivity index (χ1n) is 8.95. The standard InChI is InChI=1S/C16H33O10P/c1-5-10(3)7-24-16(21)15(20)14(19)13(18)12(17)9-26-27(22,23)25-8-11(4)6-2/h10-15,17-20H,5-9H2,1-4H3,(H,22,23)/t10?,11?,12-,13-,14+,15-/m1/s1. The Balaban J connectivity index is 4.50. The Morgan fingerprint density at radius 2 is 1.37 bits per heavy atom. The summed E-state index contributed by atoms with van der Waals surface area (Å²) in [5.41, 5.74) is 0. The Kier molecular flexibility index (Phi) is 12.5. The number of phosphoric ester groups is 1. The number of carbonyl (C=O) groups is 1. The van der Waals surface area contributed by atoms with Gasteiger partial charge in [-0.05, 0) is 11.8 Å². The van der Waals surface area contributed by atoms with E-state index in [-0.39, 0.29) is 25.0 Å². The fourth-order valence-electron chi connectivity index (χ4n) is 1.63. The van der Waals surface area contributed by atoms with E-state index >= 15 is 0 Å². The van der Waals surface area contributed by atoms with Crippen molar-refractivity contribution in [3.8, 4) is 0 Å². The molecule has 0 aromatic heterocycles. The van der Waals surface area contributed by atoms with E-state index in [0.717, 1.165) is 12.8 Å². The van der Waals surface area contributed by atoms with Gasteiger partial charge < -0.3 is 30.1 Å². The van der Waals surface area contributed by atoms with Crippen molar-refractivity contribution in [1.29, 1.82) is 0 Å². The maximum Gasteiger partial charge on any atom is 0.472 e. The molecular formula is C16H33O10P. The van der Waals surface area contributed by atoms with Crippen LogP contribution in [0.15, 0.2) is 0 Å². The molecule has 0 aliphatic heterocycles. The van der Waals surface area contributed by atoms with Crippen LogP contribution in [-0.4, -0.2) is 75.5 Å². The quantitative estimate of drug-likeness (QED) is 0.195. The lowest BCUT2D eigenvalue weighted by atomic mass is 10.0. The van der Waals surface area contributed by atoms with Crippen molar-refractivity contribution in [3.63, 3.8) is 0 Å². The van der Waals surface area contributed by atoms with Crippen LogP contribution in [-0.2, 0) is 23.1 Å². The molecule has 0 fully saturated rings. The van der Waals surface area contributed by atoms with Gasteiger partial charge in [0.1, 0.15) is 18.3 Å². The number of rotatable bonds is 14. The Morgan fingerprint density at radius 3 is 1.89 bits per heavy atom. The van der Waals surface area contributed by atoms with Gasteiger partial charge in [0.15, 0.2) is 6.10 Å². The third-order valence-electron chi connectivity index (χ3n) is 4.14. The summed E-state index contributed by atoms with van der Waals surface area (Å²) in [4.78, 5) is 21.2. The molecule has 0 aliphatic carbocycles. The van der Waals surface area contributed by atoms with Crippen LogP contribution in [0.1, 0.15) is 40.5 Å². The minimum absolute atomic E-state index is 0.0167. The zero-order valence-corrected chi connectivity index (χ0v) is 17.1. The number of ether oxygens (including phenoxy) is 1. The van der Waals surface area contributed by atoms with Crippen molar-refractivity contribution in [1.82, 2.24) is 0 Å². The van der Waals surface area contributed by atoms with Gasteiger partial charge in [0.2, 0.25) is 0 Å². The highest BCUT2D eigenvalue weighted by Crippen LogP contribution is 2.43. The summed E-state index contributed by atoms with van der Waals surface area (Å²) >= 11 is 0. The average molecular weight is 416 g/mol. The van der Waals surface area contributed by atoms with Crippen LogP contribution in [0.3, 0.4) is 0 Å². The highest BCUT2D eigenvalue weighted by Gasteiger charge is 2.36. The summed E-state index contributed by atoms with van der Waals surface area (Å²) in [6.45, 7) is 6.52. The van der Waals surface area contributed by atoms with Gasteiger partial charge in [0.25, 0.3) is 0 Å². The molecular weight excluding hydrogens is 383 g/mol. The summed E-state index contributed by atoms with van der Waals surface area (Å²) in [7, 11) is -4.46. The van der Waals surface area contributed by atoms with Crippen LogP contribution in [0.5, 0.6) is 0 Å². The van der Waals surface area contributed by atoms with Crippen LogP contribution in [0.25, 0.3) is 0 Å². The van der Waals surface area contributed by atoms with Gasteiger partial charge in [-0.2, -0.15) is 0 Å². The lowest BCUT2D eigenvalue weighted by Gasteiger charge is -2.26. The molecule has 0 radical (unpaired) electrons. The molecule has 0 spiro atoms. The van der Waals surface area contributed by atoms with Gasteiger partial charge in [-0.15, -0.1) is 0 Å². The zero-order chi connectivity index (χ0) is 21.2. The SMILES string of the molecule is CCC(C)COC(=O)[C@H](O)[C@@H](O)[C@H](O)[C@H](O)COP(=O)(O)OCC(C)CC. The molecule has 0 bridgehead atoms. The van der Waals surface area contributed by atoms with Crippen molar-refractivity contribution in [2.45, 2.75) is 65.0 Å². The number of hydrogen-bond acceptors (Lipinski definition) is 9. The molecule has 7 atom stereocenters. The first kappa shape index (κ1) is 26.4. The first-order valence-corrected chi connectivity index (χ1v) is 10.4. The monoisotopic (exact) mass is 416 g/mol. The maximum atomic E-state index is 11.7. The smallest absolute Gasteiger partial charge is 0.463 e. The molecule has 3 unspecified atom stereocenters. The molecule has 0 saturated carbocycles. The minimum Gasteiger partial charge on any atom is -0.463 e. The fourth-order valence-corrected chi connectivity index (χ4v) is 2.49. The summed E-state index contributed by atoms with van der Waals surface area (Å²) in [6.07, 6.45) is -6.59. The van der Waals surface area contributed by atoms with Gasteiger partial charge >= 0.3 is 13.8 Å². The van der Waals surface area contributed by atoms with Crippen LogP contribution in [0, 0.1) is 11.8 Å². The van der Waals surface area contributed by atoms with Gasteiger partial charge in [0.05, 0.1) is 19.8 Å². The van der Waals surface area contributed by atoms with E-state index in [1.807, 2.05) is 20.8 Å². The van der Waals surface area contributed by atoms with E-state index in [9.17, 15) is 34.7 Å². The van der Waals surface area contributed by atoms with E-state index in [1.165, 1.54) is 0 Å². The van der Waals surface area contributed by atoms with Crippen molar-refractivity contribution >= 4 is 13.8 Å². The molecule has 162 valence electrons. The number of hydrogen-bond donors (Lipinski definition) is 5. The molecule has 5 N–H and O–H groups in total. The Hall–Kier alpha value is -0.580. The molecule has 10 nitrogen and oxygen atoms in total. The summed E-state index contributed by atoms with van der Waals surface area (Å²) in [6, 6.07) is 0. The first-order chi connectivity index (χ1) is 12.4. The predicted octanol–water partition coefficient (Wildman–Crippen LogP) is 0.199. The number of aliphatic hydroxyl groups excluding tert-OH is 4. The van der Waals surface area contributed by atoms with Gasteiger partial charge in [-0.3, -0.25) is 9.05 Å². The Labute approximate surface area is 159 Å². The third-order valence-corrected chi connectivity index (χ3v) is 5.09. The summed E-state index contributed by atoms with van der Waals surface area (Å²) in [5.74, 6) is -1.08. The van der Waals surface area contributed by atoms with E-state index in [0.29, 0.717) is 0 Å². The van der Waals surface area contributed by atoms with Crippen LogP contribution in [0.4, 0.5) is 0 Å². The van der Waals surface area contributed by atoms with E-state index in [4.69, 9.17) is 9.26 Å². The molecule has 0 aromatic carbocycles. The highest BCUT2D eigenvalue weighted by molar-refractivity contribution is 7.47. The molecule has 0 aromatic rings. The van der Waals surface area contributed by atoms with Crippen molar-refractivity contribution in [2.24, 2.45) is 11.8 Å². The summed E-state index contributed by atoms with van der Waals surface area (Å²) in [5, 5.41) is 39.1. The van der Waals surface area contributed by atoms with Gasteiger partial charge in [-0.1, -0.05) is 40.5 Å². The molecule has 0 rings (SSSR count). The van der Waals surface area contributed by atoms with Crippen molar-refractivity contribution < 1.29 is 48.5 Å². The van der Waals surface area contributed by atoms with E-state index in [2.05, 4.69) is 4.52 Å². The average Bonchev–Trinajstić information content (AvgIpc) is 2.66. The lowest BCUT2D eigenvalue weighted by Crippen LogP contribution is -2.49. The van der Waals surface area contributed by atoms with Crippen molar-refractivity contribution in [2.75, 3.05) is 19.8 Å². The summed E-state index contributed by atoms with van der Waals surface area (Å²) < 4.78 is 25.8. The molecule has 27 heavy (non-hydrogen) atoms. The number of esters is 1. The third kappa shape index (κ3) is 10.5. The van der Waals surface area contributed by atoms with Crippen molar-refractivity contribution in [3.05, 3.63) is 0 Å². The van der Waals surface area contributed by atoms with E-state index < -0.39 is 44.8 Å². The van der Waals surface area contributed by atoms with E-state index in [1.54, 1.807) is 6.92 Å². The van der Waals surface area contributed by atoms with Crippen LogP contribution in [0.2, 0.25) is 0 Å². The minimum atomic E-state index is -4.46. The van der Waals surface area contributed by atoms with Gasteiger partial charge in [0, 0.05) is 0 Å². The van der Waals surface area contributed by atoms with Gasteiger partial charge in [-0.25, -0.2) is 9.36 Å². The predicted molar refractivity (Wildman–Crippen MR) is 95.6 cm³/mol. The maximum absolute atomic E-state index is 11.7. The molecule has 0 aliphatic rings. The second kappa shape index (κ2) is 12.8. The molecule has 11 heteroatoms. The van der Waals surface area contributed by atoms with Crippen LogP contribution >= 0.6 is 7.82 Å². The normalized spacial score (nSPS) is 20.8. The molecule has 0 amide bonds. The second-order valence-electron chi connectivity index (χ2n) is 6.71. The topological polar surface area (TPSA) is 163 Å².